The molecule has 0 aliphatic heterocycles. The largest absolute Gasteiger partial charge is 0.469 e. The maximum absolute atomic E-state index is 11.6. The van der Waals surface area contributed by atoms with Gasteiger partial charge in [-0.15, -0.1) is 0 Å². The molecule has 0 heterocycles. The van der Waals surface area contributed by atoms with Gasteiger partial charge >= 0.3 is 5.97 Å². The van der Waals surface area contributed by atoms with Gasteiger partial charge in [-0.25, -0.2) is 0 Å². The number of hydrogen-bond donors (Lipinski definition) is 0. The van der Waals surface area contributed by atoms with Crippen LogP contribution in [0.1, 0.15) is 24.5 Å². The molecule has 1 aromatic rings. The van der Waals surface area contributed by atoms with Crippen LogP contribution in [0.2, 0.25) is 0 Å². The van der Waals surface area contributed by atoms with Gasteiger partial charge in [0.1, 0.15) is 0 Å². The van der Waals surface area contributed by atoms with E-state index in [9.17, 15) is 4.79 Å². The molecule has 0 spiro atoms. The van der Waals surface area contributed by atoms with Gasteiger partial charge in [-0.2, -0.15) is 0 Å². The second-order valence-corrected chi connectivity index (χ2v) is 4.78. The molecule has 1 unspecified atom stereocenters. The van der Waals surface area contributed by atoms with E-state index in [1.807, 2.05) is 14.0 Å². The normalized spacial score (nSPS) is 12.1. The van der Waals surface area contributed by atoms with Crippen LogP contribution in [-0.4, -0.2) is 26.7 Å². The third-order valence-corrected chi connectivity index (χ3v) is 3.45. The van der Waals surface area contributed by atoms with Gasteiger partial charge in [0.2, 0.25) is 0 Å². The van der Waals surface area contributed by atoms with Gasteiger partial charge in [0.05, 0.1) is 13.0 Å². The molecule has 18 heavy (non-hydrogen) atoms. The van der Waals surface area contributed by atoms with Crippen LogP contribution in [0.3, 0.4) is 0 Å². The Balaban J connectivity index is 2.77. The fraction of sp³-hybridized carbons (Fsp3) is 0.533. The minimum absolute atomic E-state index is 0.0680. The van der Waals surface area contributed by atoms with Gasteiger partial charge in [-0.1, -0.05) is 13.0 Å². The summed E-state index contributed by atoms with van der Waals surface area (Å²) < 4.78 is 4.82. The molecule has 0 amide bonds. The van der Waals surface area contributed by atoms with Crippen molar-refractivity contribution in [1.29, 1.82) is 0 Å². The predicted molar refractivity (Wildman–Crippen MR) is 75.0 cm³/mol. The number of ether oxygens (including phenoxy) is 1. The van der Waals surface area contributed by atoms with Crippen molar-refractivity contribution in [3.63, 3.8) is 0 Å². The Bertz CT molecular complexity index is 415. The van der Waals surface area contributed by atoms with Crippen molar-refractivity contribution in [2.24, 2.45) is 5.92 Å². The molecule has 0 aliphatic rings. The van der Waals surface area contributed by atoms with E-state index in [0.29, 0.717) is 6.54 Å². The molecule has 100 valence electrons. The monoisotopic (exact) mass is 249 g/mol. The van der Waals surface area contributed by atoms with Crippen LogP contribution in [0.25, 0.3) is 0 Å². The van der Waals surface area contributed by atoms with Gasteiger partial charge in [0, 0.05) is 19.3 Å². The van der Waals surface area contributed by atoms with Crippen LogP contribution in [0.5, 0.6) is 0 Å². The maximum atomic E-state index is 11.6. The number of benzene rings is 1. The van der Waals surface area contributed by atoms with Gasteiger partial charge in [0.15, 0.2) is 0 Å². The number of carbonyl (C=O) groups is 1. The third kappa shape index (κ3) is 3.49. The Morgan fingerprint density at radius 1 is 1.33 bits per heavy atom. The van der Waals surface area contributed by atoms with Crippen molar-refractivity contribution in [2.75, 3.05) is 25.6 Å². The van der Waals surface area contributed by atoms with Gasteiger partial charge in [-0.05, 0) is 43.5 Å². The molecule has 0 aliphatic carbocycles. The molecule has 1 atom stereocenters. The lowest BCUT2D eigenvalue weighted by molar-refractivity contribution is -0.145. The Morgan fingerprint density at radius 2 is 2.00 bits per heavy atom. The molecule has 3 nitrogen and oxygen atoms in total. The molecule has 0 aromatic heterocycles. The van der Waals surface area contributed by atoms with Crippen LogP contribution in [-0.2, 0) is 9.53 Å². The fourth-order valence-corrected chi connectivity index (χ4v) is 1.94. The number of rotatable bonds is 5. The number of aryl methyl sites for hydroxylation is 2. The zero-order chi connectivity index (χ0) is 13.7. The van der Waals surface area contributed by atoms with Crippen molar-refractivity contribution >= 4 is 11.7 Å². The minimum atomic E-state index is -0.131. The number of carbonyl (C=O) groups excluding carboxylic acids is 1. The van der Waals surface area contributed by atoms with Crippen LogP contribution < -0.4 is 4.90 Å². The highest BCUT2D eigenvalue weighted by Gasteiger charge is 2.19. The Kier molecular flexibility index (Phi) is 5.20. The molecule has 0 N–H and O–H groups in total. The second kappa shape index (κ2) is 6.43. The van der Waals surface area contributed by atoms with Crippen LogP contribution in [0.15, 0.2) is 18.2 Å². The molecule has 0 bridgehead atoms. The number of esters is 1. The summed E-state index contributed by atoms with van der Waals surface area (Å²) >= 11 is 0. The quantitative estimate of drug-likeness (QED) is 0.751. The summed E-state index contributed by atoms with van der Waals surface area (Å²) in [5, 5.41) is 0. The molecule has 1 rings (SSSR count). The average Bonchev–Trinajstić information content (AvgIpc) is 2.37. The topological polar surface area (TPSA) is 29.5 Å². The zero-order valence-electron chi connectivity index (χ0n) is 12.0. The number of nitrogens with zero attached hydrogens (tertiary/aromatic N) is 1. The van der Waals surface area contributed by atoms with E-state index >= 15 is 0 Å². The minimum Gasteiger partial charge on any atom is -0.469 e. The fourth-order valence-electron chi connectivity index (χ4n) is 1.94. The Hall–Kier alpha value is -1.51. The first-order valence-electron chi connectivity index (χ1n) is 6.35. The van der Waals surface area contributed by atoms with Crippen molar-refractivity contribution < 1.29 is 9.53 Å². The van der Waals surface area contributed by atoms with Crippen LogP contribution in [0, 0.1) is 19.8 Å². The second-order valence-electron chi connectivity index (χ2n) is 4.78. The highest BCUT2D eigenvalue weighted by molar-refractivity contribution is 5.73. The van der Waals surface area contributed by atoms with E-state index in [0.717, 1.165) is 12.1 Å². The number of anilines is 1. The Labute approximate surface area is 110 Å². The van der Waals surface area contributed by atoms with Crippen LogP contribution in [0.4, 0.5) is 5.69 Å². The van der Waals surface area contributed by atoms with Gasteiger partial charge < -0.3 is 9.64 Å². The average molecular weight is 249 g/mol. The number of methoxy groups -OCH3 is 1. The number of hydrogen-bond acceptors (Lipinski definition) is 3. The van der Waals surface area contributed by atoms with Crippen molar-refractivity contribution in [1.82, 2.24) is 0 Å². The maximum Gasteiger partial charge on any atom is 0.310 e. The van der Waals surface area contributed by atoms with E-state index in [-0.39, 0.29) is 11.9 Å². The molecular formula is C15H23NO2. The Morgan fingerprint density at radius 3 is 2.50 bits per heavy atom. The first-order chi connectivity index (χ1) is 8.49. The van der Waals surface area contributed by atoms with E-state index in [1.165, 1.54) is 18.2 Å². The standard InChI is InChI=1S/C15H23NO2/c1-6-13(15(17)18-5)10-16(4)14-8-7-11(2)12(3)9-14/h7-9,13H,6,10H2,1-5H3. The molecular weight excluding hydrogens is 226 g/mol. The summed E-state index contributed by atoms with van der Waals surface area (Å²) in [4.78, 5) is 13.7. The summed E-state index contributed by atoms with van der Waals surface area (Å²) in [7, 11) is 3.46. The lowest BCUT2D eigenvalue weighted by Gasteiger charge is -2.24. The lowest BCUT2D eigenvalue weighted by Crippen LogP contribution is -2.30. The van der Waals surface area contributed by atoms with E-state index in [4.69, 9.17) is 4.74 Å². The first kappa shape index (κ1) is 14.6. The first-order valence-corrected chi connectivity index (χ1v) is 6.35. The summed E-state index contributed by atoms with van der Waals surface area (Å²) in [5.74, 6) is -0.199. The molecule has 1 aromatic carbocycles. The van der Waals surface area contributed by atoms with E-state index < -0.39 is 0 Å². The van der Waals surface area contributed by atoms with Crippen molar-refractivity contribution in [2.45, 2.75) is 27.2 Å². The summed E-state index contributed by atoms with van der Waals surface area (Å²) in [6, 6.07) is 6.35. The smallest absolute Gasteiger partial charge is 0.310 e. The predicted octanol–water partition coefficient (Wildman–Crippen LogP) is 2.94. The molecule has 0 saturated carbocycles. The molecule has 0 saturated heterocycles. The molecule has 0 fully saturated rings. The van der Waals surface area contributed by atoms with Crippen molar-refractivity contribution in [3.8, 4) is 0 Å². The molecule has 3 heteroatoms. The lowest BCUT2D eigenvalue weighted by atomic mass is 10.1. The zero-order valence-corrected chi connectivity index (χ0v) is 12.0. The van der Waals surface area contributed by atoms with E-state index in [1.54, 1.807) is 0 Å². The van der Waals surface area contributed by atoms with Crippen molar-refractivity contribution in [3.05, 3.63) is 29.3 Å². The van der Waals surface area contributed by atoms with Gasteiger partial charge in [-0.3, -0.25) is 4.79 Å². The highest BCUT2D eigenvalue weighted by atomic mass is 16.5. The van der Waals surface area contributed by atoms with E-state index in [2.05, 4.69) is 36.9 Å². The SMILES string of the molecule is CCC(CN(C)c1ccc(C)c(C)c1)C(=O)OC. The summed E-state index contributed by atoms with van der Waals surface area (Å²) in [6.07, 6.45) is 0.794. The highest BCUT2D eigenvalue weighted by Crippen LogP contribution is 2.19. The van der Waals surface area contributed by atoms with Gasteiger partial charge in [0.25, 0.3) is 0 Å². The summed E-state index contributed by atoms with van der Waals surface area (Å²) in [6.45, 7) is 6.90. The summed E-state index contributed by atoms with van der Waals surface area (Å²) in [5.41, 5.74) is 3.69. The third-order valence-electron chi connectivity index (χ3n) is 3.45. The molecule has 0 radical (unpaired) electrons. The van der Waals surface area contributed by atoms with Crippen LogP contribution >= 0.6 is 0 Å².